The Labute approximate surface area is 135 Å². The number of H-pyrrole nitrogens is 1. The van der Waals surface area contributed by atoms with Crippen LogP contribution < -0.4 is 0 Å². The fraction of sp³-hybridized carbons (Fsp3) is 0.500. The molecule has 0 bridgehead atoms. The third-order valence-electron chi connectivity index (χ3n) is 3.96. The van der Waals surface area contributed by atoms with Gasteiger partial charge in [0.25, 0.3) is 0 Å². The van der Waals surface area contributed by atoms with Crippen molar-refractivity contribution >= 4 is 5.91 Å². The largest absolute Gasteiger partial charge is 0.341 e. The monoisotopic (exact) mass is 314 g/mol. The summed E-state index contributed by atoms with van der Waals surface area (Å²) in [5.41, 5.74) is 2.53. The Morgan fingerprint density at radius 2 is 2.22 bits per heavy atom. The average Bonchev–Trinajstić information content (AvgIpc) is 3.15. The molecule has 0 saturated carbocycles. The van der Waals surface area contributed by atoms with Gasteiger partial charge in [-0.15, -0.1) is 0 Å². The number of aryl methyl sites for hydroxylation is 1. The first-order chi connectivity index (χ1) is 11.0. The Kier molecular flexibility index (Phi) is 4.38. The minimum absolute atomic E-state index is 0.00552. The van der Waals surface area contributed by atoms with Crippen LogP contribution >= 0.6 is 0 Å². The minimum atomic E-state index is 0.00552. The van der Waals surface area contributed by atoms with Crippen molar-refractivity contribution in [2.24, 2.45) is 0 Å². The van der Waals surface area contributed by atoms with E-state index < -0.39 is 0 Å². The highest BCUT2D eigenvalue weighted by Gasteiger charge is 2.31. The van der Waals surface area contributed by atoms with E-state index >= 15 is 0 Å². The number of rotatable bonds is 4. The number of likely N-dealkylation sites (tertiary alicyclic amines) is 1. The predicted molar refractivity (Wildman–Crippen MR) is 86.6 cm³/mol. The third-order valence-corrected chi connectivity index (χ3v) is 3.96. The summed E-state index contributed by atoms with van der Waals surface area (Å²) in [7, 11) is 3.81. The van der Waals surface area contributed by atoms with Gasteiger partial charge in [-0.25, -0.2) is 9.97 Å². The molecule has 7 nitrogen and oxygen atoms in total. The van der Waals surface area contributed by atoms with Gasteiger partial charge in [0, 0.05) is 18.4 Å². The van der Waals surface area contributed by atoms with Crippen molar-refractivity contribution in [2.45, 2.75) is 25.8 Å². The number of aromatic nitrogens is 4. The Hall–Kier alpha value is -2.28. The fourth-order valence-corrected chi connectivity index (χ4v) is 2.93. The molecule has 1 atom stereocenters. The van der Waals surface area contributed by atoms with E-state index in [9.17, 15) is 4.79 Å². The first kappa shape index (κ1) is 15.6. The van der Waals surface area contributed by atoms with Crippen molar-refractivity contribution in [3.8, 4) is 11.5 Å². The first-order valence-electron chi connectivity index (χ1n) is 7.82. The van der Waals surface area contributed by atoms with Crippen LogP contribution in [0.3, 0.4) is 0 Å². The first-order valence-corrected chi connectivity index (χ1v) is 7.82. The lowest BCUT2D eigenvalue weighted by molar-refractivity contribution is -0.132. The lowest BCUT2D eigenvalue weighted by Gasteiger charge is -2.25. The Morgan fingerprint density at radius 3 is 2.91 bits per heavy atom. The maximum Gasteiger partial charge on any atom is 0.237 e. The number of aromatic amines is 1. The molecule has 0 radical (unpaired) electrons. The van der Waals surface area contributed by atoms with Gasteiger partial charge >= 0.3 is 0 Å². The molecular formula is C16H22N6O. The second kappa shape index (κ2) is 6.45. The topological polar surface area (TPSA) is 78.0 Å². The van der Waals surface area contributed by atoms with Crippen molar-refractivity contribution < 1.29 is 4.79 Å². The van der Waals surface area contributed by atoms with E-state index in [1.54, 1.807) is 18.6 Å². The number of carbonyl (C=O) groups is 1. The maximum absolute atomic E-state index is 12.4. The zero-order valence-corrected chi connectivity index (χ0v) is 13.8. The van der Waals surface area contributed by atoms with Gasteiger partial charge in [0.05, 0.1) is 30.7 Å². The zero-order valence-electron chi connectivity index (χ0n) is 13.8. The highest BCUT2D eigenvalue weighted by atomic mass is 16.2. The second-order valence-corrected chi connectivity index (χ2v) is 6.23. The number of carbonyl (C=O) groups excluding carboxylic acids is 1. The van der Waals surface area contributed by atoms with Gasteiger partial charge in [0.15, 0.2) is 5.82 Å². The van der Waals surface area contributed by atoms with Crippen molar-refractivity contribution in [3.05, 3.63) is 30.0 Å². The normalized spacial score (nSPS) is 17.9. The van der Waals surface area contributed by atoms with Crippen LogP contribution in [0.2, 0.25) is 0 Å². The molecule has 1 amide bonds. The summed E-state index contributed by atoms with van der Waals surface area (Å²) >= 11 is 0. The van der Waals surface area contributed by atoms with Gasteiger partial charge in [-0.05, 0) is 33.9 Å². The number of imidazole rings is 1. The molecule has 0 aromatic carbocycles. The Bertz CT molecular complexity index is 695. The van der Waals surface area contributed by atoms with Crippen molar-refractivity contribution in [2.75, 3.05) is 27.2 Å². The van der Waals surface area contributed by atoms with Gasteiger partial charge in [0.2, 0.25) is 5.91 Å². The summed E-state index contributed by atoms with van der Waals surface area (Å²) in [5.74, 6) is 0.847. The van der Waals surface area contributed by atoms with Gasteiger partial charge in [-0.2, -0.15) is 0 Å². The zero-order chi connectivity index (χ0) is 16.4. The summed E-state index contributed by atoms with van der Waals surface area (Å²) in [6.45, 7) is 3.15. The molecule has 0 aliphatic carbocycles. The lowest BCUT2D eigenvalue weighted by Crippen LogP contribution is -2.37. The van der Waals surface area contributed by atoms with E-state index in [-0.39, 0.29) is 11.9 Å². The molecule has 7 heteroatoms. The van der Waals surface area contributed by atoms with Crippen molar-refractivity contribution in [3.63, 3.8) is 0 Å². The molecule has 0 unspecified atom stereocenters. The summed E-state index contributed by atoms with van der Waals surface area (Å²) < 4.78 is 0. The molecule has 0 spiro atoms. The number of nitrogens with one attached hydrogen (secondary N) is 1. The molecule has 1 aliphatic heterocycles. The molecule has 3 heterocycles. The van der Waals surface area contributed by atoms with E-state index in [0.717, 1.165) is 30.8 Å². The summed E-state index contributed by atoms with van der Waals surface area (Å²) in [5, 5.41) is 0. The molecular weight excluding hydrogens is 292 g/mol. The van der Waals surface area contributed by atoms with Crippen LogP contribution in [-0.4, -0.2) is 62.8 Å². The molecule has 2 aromatic heterocycles. The molecule has 1 aliphatic rings. The van der Waals surface area contributed by atoms with Crippen LogP contribution in [0, 0.1) is 6.92 Å². The highest BCUT2D eigenvalue weighted by Crippen LogP contribution is 2.31. The fourth-order valence-electron chi connectivity index (χ4n) is 2.93. The summed E-state index contributed by atoms with van der Waals surface area (Å²) in [6, 6.07) is 0.00552. The Morgan fingerprint density at radius 1 is 1.39 bits per heavy atom. The van der Waals surface area contributed by atoms with Gasteiger partial charge in [-0.1, -0.05) is 0 Å². The minimum Gasteiger partial charge on any atom is -0.341 e. The standard InChI is InChI=1S/C16H22N6O/c1-11-7-18-16(19-11)13-9-17-8-12(20-13)14-5-4-6-22(14)15(23)10-21(2)3/h7-9,14H,4-6,10H2,1-3H3,(H,18,19)/t14-/m1/s1. The SMILES string of the molecule is Cc1cnc(-c2cncc([C@H]3CCCN3C(=O)CN(C)C)n2)[nH]1. The quantitative estimate of drug-likeness (QED) is 0.923. The second-order valence-electron chi connectivity index (χ2n) is 6.23. The van der Waals surface area contributed by atoms with Crippen LogP contribution in [0.5, 0.6) is 0 Å². The molecule has 1 N–H and O–H groups in total. The molecule has 23 heavy (non-hydrogen) atoms. The molecule has 3 rings (SSSR count). The molecule has 1 saturated heterocycles. The number of hydrogen-bond donors (Lipinski definition) is 1. The van der Waals surface area contributed by atoms with Crippen LogP contribution in [0.15, 0.2) is 18.6 Å². The third kappa shape index (κ3) is 3.39. The van der Waals surface area contributed by atoms with Gasteiger partial charge < -0.3 is 14.8 Å². The number of hydrogen-bond acceptors (Lipinski definition) is 5. The number of amides is 1. The van der Waals surface area contributed by atoms with E-state index in [1.807, 2.05) is 30.8 Å². The van der Waals surface area contributed by atoms with E-state index in [2.05, 4.69) is 19.9 Å². The van der Waals surface area contributed by atoms with E-state index in [1.165, 1.54) is 0 Å². The number of likely N-dealkylation sites (N-methyl/N-ethyl adjacent to an activating group) is 1. The average molecular weight is 314 g/mol. The molecule has 122 valence electrons. The summed E-state index contributed by atoms with van der Waals surface area (Å²) in [6.07, 6.45) is 7.14. The van der Waals surface area contributed by atoms with Crippen LogP contribution in [0.1, 0.15) is 30.3 Å². The van der Waals surface area contributed by atoms with E-state index in [0.29, 0.717) is 18.1 Å². The smallest absolute Gasteiger partial charge is 0.237 e. The van der Waals surface area contributed by atoms with Gasteiger partial charge in [-0.3, -0.25) is 9.78 Å². The van der Waals surface area contributed by atoms with E-state index in [4.69, 9.17) is 0 Å². The van der Waals surface area contributed by atoms with Gasteiger partial charge in [0.1, 0.15) is 5.69 Å². The Balaban J connectivity index is 1.84. The summed E-state index contributed by atoms with van der Waals surface area (Å²) in [4.78, 5) is 32.7. The lowest BCUT2D eigenvalue weighted by atomic mass is 10.1. The molecule has 2 aromatic rings. The van der Waals surface area contributed by atoms with Crippen molar-refractivity contribution in [1.82, 2.24) is 29.7 Å². The van der Waals surface area contributed by atoms with Crippen molar-refractivity contribution in [1.29, 1.82) is 0 Å². The van der Waals surface area contributed by atoms with Crippen LogP contribution in [0.25, 0.3) is 11.5 Å². The van der Waals surface area contributed by atoms with Crippen LogP contribution in [-0.2, 0) is 4.79 Å². The van der Waals surface area contributed by atoms with Crippen LogP contribution in [0.4, 0.5) is 0 Å². The number of nitrogens with zero attached hydrogens (tertiary/aromatic N) is 5. The highest BCUT2D eigenvalue weighted by molar-refractivity contribution is 5.79. The predicted octanol–water partition coefficient (Wildman–Crippen LogP) is 1.40. The maximum atomic E-state index is 12.4. The molecule has 1 fully saturated rings.